The van der Waals surface area contributed by atoms with Crippen molar-refractivity contribution in [2.75, 3.05) is 6.54 Å². The predicted molar refractivity (Wildman–Crippen MR) is 120 cm³/mol. The maximum absolute atomic E-state index is 12.9. The molecule has 0 aliphatic carbocycles. The van der Waals surface area contributed by atoms with Crippen LogP contribution in [0.2, 0.25) is 5.02 Å². The number of pyridine rings is 1. The molecule has 30 heavy (non-hydrogen) atoms. The Labute approximate surface area is 178 Å². The summed E-state index contributed by atoms with van der Waals surface area (Å²) in [6, 6.07) is 14.6. The number of aromatic nitrogens is 2. The third kappa shape index (κ3) is 2.98. The molecule has 3 heterocycles. The molecule has 2 aromatic carbocycles. The molecule has 0 saturated carbocycles. The average molecular weight is 418 g/mol. The lowest BCUT2D eigenvalue weighted by Crippen LogP contribution is -2.24. The number of fused-ring (bicyclic) bond motifs is 3. The van der Waals surface area contributed by atoms with Crippen LogP contribution >= 0.6 is 11.6 Å². The van der Waals surface area contributed by atoms with Gasteiger partial charge in [-0.3, -0.25) is 14.2 Å². The zero-order valence-electron chi connectivity index (χ0n) is 16.5. The van der Waals surface area contributed by atoms with Crippen molar-refractivity contribution < 1.29 is 4.79 Å². The lowest BCUT2D eigenvalue weighted by molar-refractivity contribution is 0.112. The molecule has 0 atom stereocenters. The maximum atomic E-state index is 12.9. The number of hydrogen-bond acceptors (Lipinski definition) is 3. The molecule has 0 unspecified atom stereocenters. The van der Waals surface area contributed by atoms with Crippen LogP contribution in [0, 0.1) is 0 Å². The monoisotopic (exact) mass is 417 g/mol. The van der Waals surface area contributed by atoms with Crippen LogP contribution in [0.25, 0.3) is 27.7 Å². The summed E-state index contributed by atoms with van der Waals surface area (Å²) in [6.07, 6.45) is 3.52. The molecule has 1 N–H and O–H groups in total. The largest absolute Gasteiger partial charge is 0.347 e. The molecule has 1 aliphatic heterocycles. The van der Waals surface area contributed by atoms with Gasteiger partial charge in [0.05, 0.1) is 11.2 Å². The first-order valence-corrected chi connectivity index (χ1v) is 10.2. The van der Waals surface area contributed by atoms with E-state index in [1.54, 1.807) is 35.0 Å². The van der Waals surface area contributed by atoms with Gasteiger partial charge < -0.3 is 9.88 Å². The van der Waals surface area contributed by atoms with Gasteiger partial charge in [0, 0.05) is 60.5 Å². The van der Waals surface area contributed by atoms with E-state index in [4.69, 9.17) is 11.6 Å². The summed E-state index contributed by atoms with van der Waals surface area (Å²) in [4.78, 5) is 24.3. The molecule has 0 saturated heterocycles. The number of nitrogens with one attached hydrogen (secondary N) is 1. The van der Waals surface area contributed by atoms with Gasteiger partial charge in [0.15, 0.2) is 6.29 Å². The van der Waals surface area contributed by atoms with E-state index in [-0.39, 0.29) is 5.56 Å². The lowest BCUT2D eigenvalue weighted by atomic mass is 10.0. The van der Waals surface area contributed by atoms with Crippen molar-refractivity contribution >= 4 is 28.8 Å². The van der Waals surface area contributed by atoms with Crippen LogP contribution in [0.5, 0.6) is 0 Å². The minimum Gasteiger partial charge on any atom is -0.347 e. The van der Waals surface area contributed by atoms with Gasteiger partial charge in [-0.25, -0.2) is 0 Å². The number of hydrogen-bond donors (Lipinski definition) is 1. The molecular formula is C24H20ClN3O2. The average Bonchev–Trinajstić information content (AvgIpc) is 3.05. The number of aryl methyl sites for hydroxylation is 1. The molecule has 6 heteroatoms. The number of carbonyl (C=O) groups is 1. The highest BCUT2D eigenvalue weighted by molar-refractivity contribution is 6.31. The number of rotatable bonds is 3. The summed E-state index contributed by atoms with van der Waals surface area (Å²) in [5.41, 5.74) is 6.33. The van der Waals surface area contributed by atoms with Crippen molar-refractivity contribution in [2.45, 2.75) is 13.0 Å². The van der Waals surface area contributed by atoms with Crippen molar-refractivity contribution in [1.29, 1.82) is 0 Å². The van der Waals surface area contributed by atoms with Crippen LogP contribution < -0.4 is 10.9 Å². The highest BCUT2D eigenvalue weighted by atomic mass is 35.5. The normalized spacial score (nSPS) is 13.4. The zero-order chi connectivity index (χ0) is 20.8. The van der Waals surface area contributed by atoms with E-state index in [0.717, 1.165) is 37.0 Å². The first-order chi connectivity index (χ1) is 14.6. The highest BCUT2D eigenvalue weighted by Gasteiger charge is 2.18. The van der Waals surface area contributed by atoms with Crippen LogP contribution in [0.3, 0.4) is 0 Å². The Morgan fingerprint density at radius 2 is 1.97 bits per heavy atom. The summed E-state index contributed by atoms with van der Waals surface area (Å²) in [6.45, 7) is 1.86. The van der Waals surface area contributed by atoms with E-state index in [1.165, 1.54) is 16.6 Å². The van der Waals surface area contributed by atoms with E-state index in [0.29, 0.717) is 21.7 Å². The van der Waals surface area contributed by atoms with Gasteiger partial charge in [0.2, 0.25) is 0 Å². The summed E-state index contributed by atoms with van der Waals surface area (Å²) < 4.78 is 3.86. The SMILES string of the molecule is Cn1c2c(c3ccc(-n4ccc(-c5ccc(Cl)cc5C=O)cc4=O)cc31)CNCC2. The summed E-state index contributed by atoms with van der Waals surface area (Å²) in [7, 11) is 2.09. The predicted octanol–water partition coefficient (Wildman–Crippen LogP) is 4.11. The van der Waals surface area contributed by atoms with Gasteiger partial charge in [-0.15, -0.1) is 0 Å². The standard InChI is InChI=1S/C24H20ClN3O2/c1-27-22-6-8-26-13-21(22)20-5-3-18(12-23(20)27)28-9-7-15(11-24(28)30)19-4-2-17(25)10-16(19)14-29/h2-5,7,9-12,14,26H,6,8,13H2,1H3. The number of halogens is 1. The van der Waals surface area contributed by atoms with E-state index in [9.17, 15) is 9.59 Å². The molecule has 150 valence electrons. The van der Waals surface area contributed by atoms with Crippen molar-refractivity contribution in [3.05, 3.63) is 86.9 Å². The number of nitrogens with zero attached hydrogens (tertiary/aromatic N) is 2. The smallest absolute Gasteiger partial charge is 0.255 e. The topological polar surface area (TPSA) is 56.0 Å². The molecular weight excluding hydrogens is 398 g/mol. The van der Waals surface area contributed by atoms with Gasteiger partial charge in [0.25, 0.3) is 5.56 Å². The van der Waals surface area contributed by atoms with E-state index < -0.39 is 0 Å². The Bertz CT molecular complexity index is 1370. The Morgan fingerprint density at radius 3 is 2.77 bits per heavy atom. The second-order valence-corrected chi connectivity index (χ2v) is 8.02. The van der Waals surface area contributed by atoms with Gasteiger partial charge >= 0.3 is 0 Å². The Morgan fingerprint density at radius 1 is 1.10 bits per heavy atom. The van der Waals surface area contributed by atoms with Gasteiger partial charge in [-0.05, 0) is 47.0 Å². The molecule has 2 aromatic heterocycles. The molecule has 1 aliphatic rings. The van der Waals surface area contributed by atoms with Gasteiger partial charge in [0.1, 0.15) is 0 Å². The first kappa shape index (κ1) is 18.9. The zero-order valence-corrected chi connectivity index (χ0v) is 17.2. The molecule has 0 spiro atoms. The molecule has 0 radical (unpaired) electrons. The number of aldehydes is 1. The second kappa shape index (κ2) is 7.27. The van der Waals surface area contributed by atoms with E-state index in [1.807, 2.05) is 12.1 Å². The molecule has 0 amide bonds. The third-order valence-corrected chi connectivity index (χ3v) is 6.15. The maximum Gasteiger partial charge on any atom is 0.255 e. The Hall–Kier alpha value is -3.15. The van der Waals surface area contributed by atoms with Crippen molar-refractivity contribution in [3.63, 3.8) is 0 Å². The Kier molecular flexibility index (Phi) is 4.57. The summed E-state index contributed by atoms with van der Waals surface area (Å²) in [5.74, 6) is 0. The number of carbonyl (C=O) groups excluding carboxylic acids is 1. The van der Waals surface area contributed by atoms with Crippen molar-refractivity contribution in [3.8, 4) is 16.8 Å². The van der Waals surface area contributed by atoms with Gasteiger partial charge in [-0.1, -0.05) is 23.7 Å². The van der Waals surface area contributed by atoms with Crippen LogP contribution in [0.1, 0.15) is 21.6 Å². The Balaban J connectivity index is 1.60. The number of benzene rings is 2. The molecule has 0 bridgehead atoms. The van der Waals surface area contributed by atoms with E-state index >= 15 is 0 Å². The first-order valence-electron chi connectivity index (χ1n) is 9.86. The second-order valence-electron chi connectivity index (χ2n) is 7.59. The fraction of sp³-hybridized carbons (Fsp3) is 0.167. The lowest BCUT2D eigenvalue weighted by Gasteiger charge is -2.14. The minimum absolute atomic E-state index is 0.153. The van der Waals surface area contributed by atoms with Gasteiger partial charge in [-0.2, -0.15) is 0 Å². The fourth-order valence-electron chi connectivity index (χ4n) is 4.40. The van der Waals surface area contributed by atoms with Crippen LogP contribution in [0.4, 0.5) is 0 Å². The van der Waals surface area contributed by atoms with Crippen LogP contribution in [-0.2, 0) is 20.0 Å². The molecule has 5 rings (SSSR count). The summed E-state index contributed by atoms with van der Waals surface area (Å²) >= 11 is 5.99. The molecule has 0 fully saturated rings. The fourth-order valence-corrected chi connectivity index (χ4v) is 4.58. The van der Waals surface area contributed by atoms with E-state index in [2.05, 4.69) is 29.1 Å². The quantitative estimate of drug-likeness (QED) is 0.510. The highest BCUT2D eigenvalue weighted by Crippen LogP contribution is 2.29. The van der Waals surface area contributed by atoms with Crippen LogP contribution in [0.15, 0.2) is 59.5 Å². The molecule has 5 nitrogen and oxygen atoms in total. The minimum atomic E-state index is -0.153. The third-order valence-electron chi connectivity index (χ3n) is 5.91. The van der Waals surface area contributed by atoms with Crippen molar-refractivity contribution in [1.82, 2.24) is 14.5 Å². The van der Waals surface area contributed by atoms with Crippen LogP contribution in [-0.4, -0.2) is 22.0 Å². The molecule has 4 aromatic rings. The van der Waals surface area contributed by atoms with Crippen molar-refractivity contribution in [2.24, 2.45) is 7.05 Å². The summed E-state index contributed by atoms with van der Waals surface area (Å²) in [5, 5.41) is 5.15.